The molecular formula is C27H39N5O3. The summed E-state index contributed by atoms with van der Waals surface area (Å²) in [6.07, 6.45) is 5.84. The molecule has 8 nitrogen and oxygen atoms in total. The minimum absolute atomic E-state index is 0.01000. The number of aromatic nitrogens is 3. The summed E-state index contributed by atoms with van der Waals surface area (Å²) < 4.78 is 11.7. The number of ether oxygens (including phenoxy) is 1. The molecule has 35 heavy (non-hydrogen) atoms. The Labute approximate surface area is 208 Å². The number of nitrogens with one attached hydrogen (secondary N) is 1. The van der Waals surface area contributed by atoms with Crippen LogP contribution in [0.25, 0.3) is 0 Å². The van der Waals surface area contributed by atoms with Gasteiger partial charge in [0.05, 0.1) is 17.0 Å². The molecule has 1 spiro atoms. The number of rotatable bonds is 5. The summed E-state index contributed by atoms with van der Waals surface area (Å²) in [7, 11) is 0. The van der Waals surface area contributed by atoms with Crippen molar-refractivity contribution in [2.75, 3.05) is 39.4 Å². The lowest BCUT2D eigenvalue weighted by atomic mass is 9.72. The van der Waals surface area contributed by atoms with E-state index in [9.17, 15) is 4.79 Å². The molecule has 190 valence electrons. The van der Waals surface area contributed by atoms with Crippen LogP contribution < -0.4 is 5.32 Å². The van der Waals surface area contributed by atoms with E-state index in [4.69, 9.17) is 14.1 Å². The van der Waals surface area contributed by atoms with Crippen LogP contribution in [0.5, 0.6) is 0 Å². The largest absolute Gasteiger partial charge is 0.424 e. The predicted molar refractivity (Wildman–Crippen MR) is 132 cm³/mol. The zero-order valence-electron chi connectivity index (χ0n) is 21.5. The van der Waals surface area contributed by atoms with Gasteiger partial charge >= 0.3 is 0 Å². The number of carbonyl (C=O) groups is 1. The van der Waals surface area contributed by atoms with Gasteiger partial charge in [0.1, 0.15) is 0 Å². The minimum Gasteiger partial charge on any atom is -0.424 e. The fourth-order valence-corrected chi connectivity index (χ4v) is 5.33. The molecule has 8 heteroatoms. The summed E-state index contributed by atoms with van der Waals surface area (Å²) in [5, 5.41) is 12.3. The van der Waals surface area contributed by atoms with E-state index in [0.717, 1.165) is 75.4 Å². The van der Waals surface area contributed by atoms with Crippen LogP contribution in [-0.2, 0) is 14.9 Å². The van der Waals surface area contributed by atoms with E-state index in [0.29, 0.717) is 17.7 Å². The van der Waals surface area contributed by atoms with E-state index in [-0.39, 0.29) is 11.3 Å². The lowest BCUT2D eigenvalue weighted by Gasteiger charge is -2.48. The van der Waals surface area contributed by atoms with Crippen LogP contribution in [-0.4, -0.2) is 65.9 Å². The molecule has 0 aromatic carbocycles. The molecule has 6 rings (SSSR count). The molecule has 1 unspecified atom stereocenters. The van der Waals surface area contributed by atoms with E-state index in [1.807, 2.05) is 6.07 Å². The van der Waals surface area contributed by atoms with E-state index in [1.54, 1.807) is 4.90 Å². The van der Waals surface area contributed by atoms with Gasteiger partial charge in [-0.1, -0.05) is 19.9 Å². The third-order valence-electron chi connectivity index (χ3n) is 8.32. The normalized spacial score (nSPS) is 25.0. The number of pyridine rings is 1. The lowest BCUT2D eigenvalue weighted by molar-refractivity contribution is -0.129. The number of carbonyl (C=O) groups excluding carboxylic acids is 1. The van der Waals surface area contributed by atoms with Crippen LogP contribution in [0.15, 0.2) is 22.6 Å². The van der Waals surface area contributed by atoms with E-state index >= 15 is 0 Å². The van der Waals surface area contributed by atoms with Crippen molar-refractivity contribution in [3.63, 3.8) is 0 Å². The van der Waals surface area contributed by atoms with Gasteiger partial charge in [-0.05, 0) is 57.1 Å². The van der Waals surface area contributed by atoms with Crippen LogP contribution in [0.3, 0.4) is 0 Å². The summed E-state index contributed by atoms with van der Waals surface area (Å²) in [4.78, 5) is 17.8. The van der Waals surface area contributed by atoms with Gasteiger partial charge < -0.3 is 19.4 Å². The number of nitrogens with zero attached hydrogens (tertiary/aromatic N) is 4. The summed E-state index contributed by atoms with van der Waals surface area (Å²) in [5.74, 6) is 1.82. The third kappa shape index (κ3) is 5.00. The van der Waals surface area contributed by atoms with Crippen LogP contribution in [0.4, 0.5) is 0 Å². The molecule has 0 bridgehead atoms. The van der Waals surface area contributed by atoms with Crippen LogP contribution >= 0.6 is 0 Å². The Hall–Kier alpha value is -2.32. The van der Waals surface area contributed by atoms with Gasteiger partial charge in [-0.25, -0.2) is 0 Å². The van der Waals surface area contributed by atoms with E-state index in [2.05, 4.69) is 55.3 Å². The molecule has 1 aliphatic carbocycles. The maximum atomic E-state index is 11.0. The maximum absolute atomic E-state index is 11.0. The number of likely N-dealkylation sites (tertiary alicyclic amines) is 1. The van der Waals surface area contributed by atoms with E-state index in [1.165, 1.54) is 12.8 Å². The van der Waals surface area contributed by atoms with Crippen molar-refractivity contribution in [2.24, 2.45) is 10.8 Å². The maximum Gasteiger partial charge on any atom is 0.228 e. The van der Waals surface area contributed by atoms with Crippen LogP contribution in [0.2, 0.25) is 0 Å². The van der Waals surface area contributed by atoms with Gasteiger partial charge in [-0.15, -0.1) is 10.2 Å². The Morgan fingerprint density at radius 2 is 1.86 bits per heavy atom. The highest BCUT2D eigenvalue weighted by atomic mass is 16.5. The molecule has 4 fully saturated rings. The van der Waals surface area contributed by atoms with Crippen molar-refractivity contribution in [2.45, 2.75) is 70.6 Å². The summed E-state index contributed by atoms with van der Waals surface area (Å²) in [6, 6.07) is 6.22. The molecule has 2 aromatic rings. The fourth-order valence-electron chi connectivity index (χ4n) is 5.33. The second-order valence-corrected chi connectivity index (χ2v) is 12.1. The monoisotopic (exact) mass is 481 g/mol. The van der Waals surface area contributed by atoms with Crippen molar-refractivity contribution < 1.29 is 13.9 Å². The number of hydrogen-bond donors (Lipinski definition) is 1. The summed E-state index contributed by atoms with van der Waals surface area (Å²) >= 11 is 0. The Morgan fingerprint density at radius 3 is 2.51 bits per heavy atom. The first-order valence-corrected chi connectivity index (χ1v) is 13.0. The molecule has 3 saturated heterocycles. The quantitative estimate of drug-likeness (QED) is 0.652. The first kappa shape index (κ1) is 24.4. The molecule has 1 amide bonds. The van der Waals surface area contributed by atoms with Gasteiger partial charge in [0.25, 0.3) is 0 Å². The molecule has 3 aliphatic heterocycles. The van der Waals surface area contributed by atoms with Crippen LogP contribution in [0.1, 0.15) is 88.4 Å². The Kier molecular flexibility index (Phi) is 6.46. The van der Waals surface area contributed by atoms with Crippen molar-refractivity contribution in [3.8, 4) is 0 Å². The highest BCUT2D eigenvalue weighted by molar-refractivity contribution is 5.50. The molecule has 0 radical (unpaired) electrons. The first-order valence-electron chi connectivity index (χ1n) is 13.0. The number of hydrogen-bond acceptors (Lipinski definition) is 7. The average Bonchev–Trinajstić information content (AvgIpc) is 3.23. The molecule has 4 aliphatic rings. The molecule has 2 aromatic heterocycles. The SMILES string of the molecule is CC(C)(c1cccc(C2CCOCC2)n1)c1nnc(C2CNCC23CN(C=O)C3)o1.CC1(C)CC1. The molecular weight excluding hydrogens is 442 g/mol. The zero-order chi connectivity index (χ0) is 24.7. The minimum atomic E-state index is -0.486. The van der Waals surface area contributed by atoms with Crippen molar-refractivity contribution in [3.05, 3.63) is 41.4 Å². The van der Waals surface area contributed by atoms with Crippen LogP contribution in [0, 0.1) is 10.8 Å². The fraction of sp³-hybridized carbons (Fsp3) is 0.704. The second kappa shape index (κ2) is 9.28. The Bertz CT molecular complexity index is 1030. The van der Waals surface area contributed by atoms with Gasteiger partial charge in [-0.2, -0.15) is 0 Å². The molecule has 1 saturated carbocycles. The smallest absolute Gasteiger partial charge is 0.228 e. The highest BCUT2D eigenvalue weighted by Crippen LogP contribution is 2.46. The first-order chi connectivity index (χ1) is 16.7. The lowest BCUT2D eigenvalue weighted by Crippen LogP contribution is -2.58. The standard InChI is InChI=1S/C22H29N5O3.C5H10/c1-21(2,18-5-3-4-17(24-18)15-6-8-29-9-7-15)20-26-25-19(30-20)16-10-23-11-22(16)12-27(13-22)14-28;1-5(2)3-4-5/h3-5,14-16,23H,6-13H2,1-2H3;3-4H2,1-2H3. The van der Waals surface area contributed by atoms with Crippen molar-refractivity contribution in [1.29, 1.82) is 0 Å². The third-order valence-corrected chi connectivity index (χ3v) is 8.32. The molecule has 1 N–H and O–H groups in total. The van der Waals surface area contributed by atoms with Gasteiger partial charge in [-0.3, -0.25) is 9.78 Å². The predicted octanol–water partition coefficient (Wildman–Crippen LogP) is 3.64. The topological polar surface area (TPSA) is 93.4 Å². The number of amides is 1. The Balaban J connectivity index is 0.000000453. The average molecular weight is 482 g/mol. The van der Waals surface area contributed by atoms with Crippen molar-refractivity contribution >= 4 is 6.41 Å². The van der Waals surface area contributed by atoms with Crippen molar-refractivity contribution in [1.82, 2.24) is 25.4 Å². The molecule has 5 heterocycles. The van der Waals surface area contributed by atoms with Gasteiger partial charge in [0.15, 0.2) is 0 Å². The van der Waals surface area contributed by atoms with Gasteiger partial charge in [0, 0.05) is 56.4 Å². The second-order valence-electron chi connectivity index (χ2n) is 12.1. The highest BCUT2D eigenvalue weighted by Gasteiger charge is 2.54. The summed E-state index contributed by atoms with van der Waals surface area (Å²) in [6.45, 7) is 13.5. The van der Waals surface area contributed by atoms with Gasteiger partial charge in [0.2, 0.25) is 18.2 Å². The molecule has 1 atom stereocenters. The summed E-state index contributed by atoms with van der Waals surface area (Å²) in [5.41, 5.74) is 2.33. The van der Waals surface area contributed by atoms with E-state index < -0.39 is 5.41 Å². The zero-order valence-corrected chi connectivity index (χ0v) is 21.5. The Morgan fingerprint density at radius 1 is 1.14 bits per heavy atom.